The molecule has 0 atom stereocenters. The Kier molecular flexibility index (Phi) is 4.18. The number of benzene rings is 1. The average molecular weight is 349 g/mol. The lowest BCUT2D eigenvalue weighted by Crippen LogP contribution is -2.17. The summed E-state index contributed by atoms with van der Waals surface area (Å²) in [7, 11) is 1.53. The highest BCUT2D eigenvalue weighted by atomic mass is 32.2. The predicted molar refractivity (Wildman–Crippen MR) is 88.9 cm³/mol. The number of nitrogens with one attached hydrogen (secondary N) is 2. The average Bonchev–Trinajstić information content (AvgIpc) is 2.86. The number of hydrogen-bond donors (Lipinski definition) is 2. The molecule has 118 valence electrons. The molecule has 0 bridgehead atoms. The molecule has 2 aromatic heterocycles. The van der Waals surface area contributed by atoms with E-state index in [1.54, 1.807) is 25.1 Å². The fraction of sp³-hybridized carbons (Fsp3) is 0.133. The number of fused-ring (bicyclic) bond motifs is 1. The van der Waals surface area contributed by atoms with Crippen molar-refractivity contribution in [2.24, 2.45) is 0 Å². The highest BCUT2D eigenvalue weighted by Gasteiger charge is 2.19. The number of nitrogens with zero attached hydrogens (tertiary/aromatic N) is 1. The Morgan fingerprint density at radius 2 is 2.13 bits per heavy atom. The number of aromatic nitrogens is 2. The smallest absolute Gasteiger partial charge is 0.261 e. The fourth-order valence-corrected chi connectivity index (χ4v) is 4.12. The highest BCUT2D eigenvalue weighted by molar-refractivity contribution is 7.99. The van der Waals surface area contributed by atoms with Crippen LogP contribution in [0.15, 0.2) is 39.1 Å². The van der Waals surface area contributed by atoms with E-state index in [0.29, 0.717) is 25.6 Å². The van der Waals surface area contributed by atoms with Gasteiger partial charge in [0.2, 0.25) is 0 Å². The lowest BCUT2D eigenvalue weighted by atomic mass is 10.2. The van der Waals surface area contributed by atoms with Crippen LogP contribution >= 0.6 is 23.1 Å². The summed E-state index contributed by atoms with van der Waals surface area (Å²) in [5.41, 5.74) is 0.262. The molecule has 3 rings (SSSR count). The summed E-state index contributed by atoms with van der Waals surface area (Å²) < 4.78 is 13.7. The summed E-state index contributed by atoms with van der Waals surface area (Å²) in [6.45, 7) is 1.71. The quantitative estimate of drug-likeness (QED) is 0.713. The van der Waals surface area contributed by atoms with Crippen molar-refractivity contribution in [2.45, 2.75) is 17.0 Å². The molecule has 2 heterocycles. The number of amides is 1. The first-order valence-corrected chi connectivity index (χ1v) is 8.32. The molecule has 1 amide bonds. The Morgan fingerprint density at radius 3 is 2.83 bits per heavy atom. The Morgan fingerprint density at radius 1 is 1.39 bits per heavy atom. The largest absolute Gasteiger partial charge is 0.354 e. The molecule has 1 aromatic carbocycles. The monoisotopic (exact) mass is 349 g/mol. The van der Waals surface area contributed by atoms with Gasteiger partial charge in [-0.15, -0.1) is 11.3 Å². The van der Waals surface area contributed by atoms with Crippen LogP contribution in [0.3, 0.4) is 0 Å². The summed E-state index contributed by atoms with van der Waals surface area (Å²) in [6, 6.07) is 6.26. The third-order valence-corrected chi connectivity index (χ3v) is 5.38. The third kappa shape index (κ3) is 2.87. The van der Waals surface area contributed by atoms with E-state index >= 15 is 0 Å². The molecule has 3 aromatic rings. The van der Waals surface area contributed by atoms with E-state index in [9.17, 15) is 14.0 Å². The van der Waals surface area contributed by atoms with Crippen molar-refractivity contribution in [3.63, 3.8) is 0 Å². The normalized spacial score (nSPS) is 10.9. The fourth-order valence-electron chi connectivity index (χ4n) is 2.13. The van der Waals surface area contributed by atoms with Gasteiger partial charge in [0.1, 0.15) is 10.6 Å². The van der Waals surface area contributed by atoms with E-state index in [1.807, 2.05) is 0 Å². The van der Waals surface area contributed by atoms with E-state index in [4.69, 9.17) is 0 Å². The second kappa shape index (κ2) is 6.13. The molecule has 0 spiro atoms. The van der Waals surface area contributed by atoms with Gasteiger partial charge in [0.15, 0.2) is 5.16 Å². The van der Waals surface area contributed by atoms with Crippen LogP contribution in [0.25, 0.3) is 10.2 Å². The molecule has 0 unspecified atom stereocenters. The first kappa shape index (κ1) is 15.7. The summed E-state index contributed by atoms with van der Waals surface area (Å²) in [4.78, 5) is 32.4. The molecule has 0 aliphatic carbocycles. The van der Waals surface area contributed by atoms with Crippen molar-refractivity contribution in [1.82, 2.24) is 15.3 Å². The zero-order valence-corrected chi connectivity index (χ0v) is 13.9. The minimum Gasteiger partial charge on any atom is -0.354 e. The van der Waals surface area contributed by atoms with Gasteiger partial charge in [-0.25, -0.2) is 9.37 Å². The number of halogens is 1. The summed E-state index contributed by atoms with van der Waals surface area (Å²) in [5, 5.41) is 3.23. The number of carbonyl (C=O) groups excluding carboxylic acids is 1. The molecule has 5 nitrogen and oxygen atoms in total. The van der Waals surface area contributed by atoms with Gasteiger partial charge in [-0.3, -0.25) is 9.59 Å². The van der Waals surface area contributed by atoms with Crippen LogP contribution in [0.4, 0.5) is 4.39 Å². The van der Waals surface area contributed by atoms with Gasteiger partial charge in [-0.1, -0.05) is 12.1 Å². The molecular formula is C15H12FN3O2S2. The highest BCUT2D eigenvalue weighted by Crippen LogP contribution is 2.31. The van der Waals surface area contributed by atoms with Crippen LogP contribution in [0.2, 0.25) is 0 Å². The lowest BCUT2D eigenvalue weighted by Gasteiger charge is -2.02. The molecule has 8 heteroatoms. The van der Waals surface area contributed by atoms with Crippen LogP contribution in [-0.2, 0) is 0 Å². The molecule has 2 N–H and O–H groups in total. The van der Waals surface area contributed by atoms with Crippen molar-refractivity contribution >= 4 is 39.2 Å². The number of carbonyl (C=O) groups is 1. The number of H-pyrrole nitrogens is 1. The maximum Gasteiger partial charge on any atom is 0.261 e. The molecule has 0 aliphatic heterocycles. The Hall–Kier alpha value is -2.19. The van der Waals surface area contributed by atoms with Crippen molar-refractivity contribution in [1.29, 1.82) is 0 Å². The second-order valence-electron chi connectivity index (χ2n) is 4.72. The second-order valence-corrected chi connectivity index (χ2v) is 6.75. The molecule has 23 heavy (non-hydrogen) atoms. The number of thiophene rings is 1. The zero-order valence-electron chi connectivity index (χ0n) is 12.3. The van der Waals surface area contributed by atoms with Gasteiger partial charge in [-0.05, 0) is 36.4 Å². The minimum atomic E-state index is -0.381. The van der Waals surface area contributed by atoms with Crippen LogP contribution < -0.4 is 10.9 Å². The first-order valence-electron chi connectivity index (χ1n) is 6.69. The Bertz CT molecular complexity index is 965. The molecule has 0 fully saturated rings. The van der Waals surface area contributed by atoms with Gasteiger partial charge in [0.05, 0.1) is 15.2 Å². The topological polar surface area (TPSA) is 74.8 Å². The SMILES string of the molecule is CNC(=O)c1sc2nc(Sc3ccccc3F)[nH]c(=O)c2c1C. The predicted octanol–water partition coefficient (Wildman–Crippen LogP) is 2.94. The van der Waals surface area contributed by atoms with Crippen LogP contribution in [0.5, 0.6) is 0 Å². The summed E-state index contributed by atoms with van der Waals surface area (Å²) >= 11 is 2.19. The zero-order chi connectivity index (χ0) is 16.6. The number of aryl methyl sites for hydroxylation is 1. The van der Waals surface area contributed by atoms with Crippen molar-refractivity contribution in [2.75, 3.05) is 7.05 Å². The van der Waals surface area contributed by atoms with E-state index in [-0.39, 0.29) is 22.4 Å². The number of hydrogen-bond acceptors (Lipinski definition) is 5. The van der Waals surface area contributed by atoms with Gasteiger partial charge in [-0.2, -0.15) is 0 Å². The van der Waals surface area contributed by atoms with Crippen molar-refractivity contribution in [3.05, 3.63) is 50.9 Å². The number of rotatable bonds is 3. The van der Waals surface area contributed by atoms with Gasteiger partial charge in [0, 0.05) is 7.05 Å². The maximum absolute atomic E-state index is 13.7. The number of aromatic amines is 1. The van der Waals surface area contributed by atoms with Crippen molar-refractivity contribution < 1.29 is 9.18 Å². The molecule has 0 aliphatic rings. The Labute approximate surface area is 139 Å². The van der Waals surface area contributed by atoms with E-state index in [0.717, 1.165) is 23.1 Å². The first-order chi connectivity index (χ1) is 11.0. The third-order valence-electron chi connectivity index (χ3n) is 3.26. The molecule has 0 radical (unpaired) electrons. The standard InChI is InChI=1S/C15H12FN3O2S2/c1-7-10-12(20)18-15(22-9-6-4-3-5-8(9)16)19-14(10)23-11(7)13(21)17-2/h3-6H,1-2H3,(H,17,21)(H,18,19,20). The van der Waals surface area contributed by atoms with Gasteiger partial charge < -0.3 is 10.3 Å². The van der Waals surface area contributed by atoms with E-state index in [1.165, 1.54) is 13.1 Å². The van der Waals surface area contributed by atoms with Crippen LogP contribution in [0.1, 0.15) is 15.2 Å². The minimum absolute atomic E-state index is 0.256. The molecule has 0 saturated carbocycles. The van der Waals surface area contributed by atoms with Crippen LogP contribution in [-0.4, -0.2) is 22.9 Å². The lowest BCUT2D eigenvalue weighted by molar-refractivity contribution is 0.0966. The Balaban J connectivity index is 2.10. The van der Waals surface area contributed by atoms with Gasteiger partial charge in [0.25, 0.3) is 11.5 Å². The van der Waals surface area contributed by atoms with Gasteiger partial charge >= 0.3 is 0 Å². The van der Waals surface area contributed by atoms with Crippen LogP contribution in [0, 0.1) is 12.7 Å². The summed E-state index contributed by atoms with van der Waals surface area (Å²) in [6.07, 6.45) is 0. The summed E-state index contributed by atoms with van der Waals surface area (Å²) in [5.74, 6) is -0.637. The van der Waals surface area contributed by atoms with E-state index < -0.39 is 0 Å². The molecular weight excluding hydrogens is 337 g/mol. The van der Waals surface area contributed by atoms with E-state index in [2.05, 4.69) is 15.3 Å². The molecule has 0 saturated heterocycles. The maximum atomic E-state index is 13.7. The van der Waals surface area contributed by atoms with Crippen molar-refractivity contribution in [3.8, 4) is 0 Å².